The molecule has 0 saturated carbocycles. The van der Waals surface area contributed by atoms with E-state index >= 15 is 0 Å². The first-order valence-corrected chi connectivity index (χ1v) is 7.54. The van der Waals surface area contributed by atoms with Crippen LogP contribution in [0.1, 0.15) is 44.0 Å². The van der Waals surface area contributed by atoms with Gasteiger partial charge in [-0.3, -0.25) is 9.59 Å². The highest BCUT2D eigenvalue weighted by Crippen LogP contribution is 2.22. The maximum absolute atomic E-state index is 11.9. The standard InChI is InChI=1S/C16H25N3O3/c1-4-5-8-18-15(20)10-22-14-9-12(6-7-13(14)17)16(21)19-11(2)3/h6-7,9,11H,4-5,8,10,17H2,1-3H3,(H,18,20)(H,19,21). The van der Waals surface area contributed by atoms with Gasteiger partial charge in [-0.15, -0.1) is 0 Å². The van der Waals surface area contributed by atoms with E-state index in [1.807, 2.05) is 13.8 Å². The average molecular weight is 307 g/mol. The molecule has 0 aliphatic carbocycles. The van der Waals surface area contributed by atoms with Gasteiger partial charge in [-0.05, 0) is 38.5 Å². The van der Waals surface area contributed by atoms with Gasteiger partial charge in [0.05, 0.1) is 5.69 Å². The third-order valence-corrected chi connectivity index (χ3v) is 2.91. The number of anilines is 1. The maximum atomic E-state index is 11.9. The second-order valence-electron chi connectivity index (χ2n) is 5.37. The van der Waals surface area contributed by atoms with Gasteiger partial charge in [0.25, 0.3) is 11.8 Å². The molecule has 22 heavy (non-hydrogen) atoms. The Morgan fingerprint density at radius 3 is 2.68 bits per heavy atom. The molecule has 0 atom stereocenters. The summed E-state index contributed by atoms with van der Waals surface area (Å²) in [6.45, 7) is 6.33. The largest absolute Gasteiger partial charge is 0.482 e. The van der Waals surface area contributed by atoms with Gasteiger partial charge in [0.1, 0.15) is 5.75 Å². The topological polar surface area (TPSA) is 93.4 Å². The van der Waals surface area contributed by atoms with Crippen molar-refractivity contribution < 1.29 is 14.3 Å². The molecule has 0 heterocycles. The number of carbonyl (C=O) groups is 2. The molecule has 0 bridgehead atoms. The van der Waals surface area contributed by atoms with Gasteiger partial charge in [-0.25, -0.2) is 0 Å². The number of ether oxygens (including phenoxy) is 1. The number of rotatable bonds is 8. The predicted octanol–water partition coefficient (Wildman–Crippen LogP) is 1.70. The molecule has 0 fully saturated rings. The predicted molar refractivity (Wildman–Crippen MR) is 86.9 cm³/mol. The van der Waals surface area contributed by atoms with Gasteiger partial charge in [0, 0.05) is 18.2 Å². The highest BCUT2D eigenvalue weighted by atomic mass is 16.5. The molecule has 0 aliphatic heterocycles. The summed E-state index contributed by atoms with van der Waals surface area (Å²) in [6, 6.07) is 4.81. The molecule has 0 unspecified atom stereocenters. The Kier molecular flexibility index (Phi) is 7.22. The van der Waals surface area contributed by atoms with Crippen molar-refractivity contribution in [3.63, 3.8) is 0 Å². The average Bonchev–Trinajstić information content (AvgIpc) is 2.46. The summed E-state index contributed by atoms with van der Waals surface area (Å²) in [5, 5.41) is 5.54. The summed E-state index contributed by atoms with van der Waals surface area (Å²) in [5.74, 6) is -0.0702. The van der Waals surface area contributed by atoms with Crippen molar-refractivity contribution in [2.45, 2.75) is 39.7 Å². The summed E-state index contributed by atoms with van der Waals surface area (Å²) in [7, 11) is 0. The second-order valence-corrected chi connectivity index (χ2v) is 5.37. The van der Waals surface area contributed by atoms with E-state index in [4.69, 9.17) is 10.5 Å². The van der Waals surface area contributed by atoms with Crippen LogP contribution in [0.15, 0.2) is 18.2 Å². The SMILES string of the molecule is CCCCNC(=O)COc1cc(C(=O)NC(C)C)ccc1N. The zero-order valence-corrected chi connectivity index (χ0v) is 13.4. The number of nitrogens with one attached hydrogen (secondary N) is 2. The number of carbonyl (C=O) groups excluding carboxylic acids is 2. The molecular formula is C16H25N3O3. The highest BCUT2D eigenvalue weighted by molar-refractivity contribution is 5.95. The number of nitrogen functional groups attached to an aromatic ring is 1. The number of unbranched alkanes of at least 4 members (excludes halogenated alkanes) is 1. The second kappa shape index (κ2) is 8.92. The Labute approximate surface area is 131 Å². The first-order chi connectivity index (χ1) is 10.4. The molecule has 4 N–H and O–H groups in total. The fourth-order valence-corrected chi connectivity index (χ4v) is 1.75. The van der Waals surface area contributed by atoms with Crippen LogP contribution >= 0.6 is 0 Å². The first kappa shape index (κ1) is 17.8. The smallest absolute Gasteiger partial charge is 0.257 e. The molecule has 1 aromatic rings. The lowest BCUT2D eigenvalue weighted by molar-refractivity contribution is -0.123. The van der Waals surface area contributed by atoms with Crippen molar-refractivity contribution in [1.29, 1.82) is 0 Å². The Hall–Kier alpha value is -2.24. The first-order valence-electron chi connectivity index (χ1n) is 7.54. The zero-order chi connectivity index (χ0) is 16.5. The molecule has 122 valence electrons. The number of hydrogen-bond donors (Lipinski definition) is 3. The van der Waals surface area contributed by atoms with E-state index in [1.165, 1.54) is 0 Å². The highest BCUT2D eigenvalue weighted by Gasteiger charge is 2.11. The van der Waals surface area contributed by atoms with Crippen LogP contribution in [0.5, 0.6) is 5.75 Å². The van der Waals surface area contributed by atoms with Crippen LogP contribution in [-0.2, 0) is 4.79 Å². The van der Waals surface area contributed by atoms with Crippen LogP contribution < -0.4 is 21.1 Å². The summed E-state index contributed by atoms with van der Waals surface area (Å²) in [4.78, 5) is 23.6. The van der Waals surface area contributed by atoms with Crippen LogP contribution in [0.2, 0.25) is 0 Å². The Morgan fingerprint density at radius 2 is 2.05 bits per heavy atom. The van der Waals surface area contributed by atoms with Crippen molar-refractivity contribution in [1.82, 2.24) is 10.6 Å². The minimum atomic E-state index is -0.204. The molecule has 0 aromatic heterocycles. The fraction of sp³-hybridized carbons (Fsp3) is 0.500. The summed E-state index contributed by atoms with van der Waals surface area (Å²) in [6.07, 6.45) is 1.94. The van der Waals surface area contributed by atoms with Crippen LogP contribution in [0, 0.1) is 0 Å². The normalized spacial score (nSPS) is 10.4. The molecule has 6 nitrogen and oxygen atoms in total. The van der Waals surface area contributed by atoms with Gasteiger partial charge >= 0.3 is 0 Å². The molecule has 2 amide bonds. The minimum absolute atomic E-state index is 0.0405. The van der Waals surface area contributed by atoms with E-state index in [-0.39, 0.29) is 24.5 Å². The summed E-state index contributed by atoms with van der Waals surface area (Å²) < 4.78 is 5.41. The molecule has 0 spiro atoms. The van der Waals surface area contributed by atoms with E-state index in [1.54, 1.807) is 18.2 Å². The van der Waals surface area contributed by atoms with Crippen molar-refractivity contribution in [3.8, 4) is 5.75 Å². The van der Waals surface area contributed by atoms with E-state index in [0.717, 1.165) is 12.8 Å². The van der Waals surface area contributed by atoms with Crippen molar-refractivity contribution in [2.75, 3.05) is 18.9 Å². The van der Waals surface area contributed by atoms with Gasteiger partial charge in [-0.1, -0.05) is 13.3 Å². The quantitative estimate of drug-likeness (QED) is 0.503. The van der Waals surface area contributed by atoms with Crippen LogP contribution in [-0.4, -0.2) is 31.0 Å². The van der Waals surface area contributed by atoms with Crippen LogP contribution in [0.25, 0.3) is 0 Å². The third-order valence-electron chi connectivity index (χ3n) is 2.91. The van der Waals surface area contributed by atoms with E-state index in [0.29, 0.717) is 23.5 Å². The molecule has 6 heteroatoms. The number of nitrogens with two attached hydrogens (primary N) is 1. The lowest BCUT2D eigenvalue weighted by Gasteiger charge is -2.12. The Morgan fingerprint density at radius 1 is 1.32 bits per heavy atom. The van der Waals surface area contributed by atoms with Crippen molar-refractivity contribution in [3.05, 3.63) is 23.8 Å². The molecule has 1 rings (SSSR count). The van der Waals surface area contributed by atoms with E-state index in [2.05, 4.69) is 17.6 Å². The monoisotopic (exact) mass is 307 g/mol. The number of hydrogen-bond acceptors (Lipinski definition) is 4. The van der Waals surface area contributed by atoms with Crippen LogP contribution in [0.4, 0.5) is 5.69 Å². The van der Waals surface area contributed by atoms with Crippen molar-refractivity contribution >= 4 is 17.5 Å². The molecule has 1 aromatic carbocycles. The molecule has 0 radical (unpaired) electrons. The maximum Gasteiger partial charge on any atom is 0.257 e. The van der Waals surface area contributed by atoms with Gasteiger partial charge in [0.15, 0.2) is 6.61 Å². The zero-order valence-electron chi connectivity index (χ0n) is 13.4. The Balaban J connectivity index is 2.62. The number of benzene rings is 1. The molecule has 0 saturated heterocycles. The van der Waals surface area contributed by atoms with Gasteiger partial charge in [0.2, 0.25) is 0 Å². The lowest BCUT2D eigenvalue weighted by Crippen LogP contribution is -2.30. The summed E-state index contributed by atoms with van der Waals surface area (Å²) in [5.41, 5.74) is 6.65. The van der Waals surface area contributed by atoms with E-state index < -0.39 is 0 Å². The minimum Gasteiger partial charge on any atom is -0.482 e. The lowest BCUT2D eigenvalue weighted by atomic mass is 10.1. The molecule has 0 aliphatic rings. The Bertz CT molecular complexity index is 515. The number of amides is 2. The fourth-order valence-electron chi connectivity index (χ4n) is 1.75. The summed E-state index contributed by atoms with van der Waals surface area (Å²) >= 11 is 0. The molecular weight excluding hydrogens is 282 g/mol. The van der Waals surface area contributed by atoms with Crippen LogP contribution in [0.3, 0.4) is 0 Å². The van der Waals surface area contributed by atoms with E-state index in [9.17, 15) is 9.59 Å². The van der Waals surface area contributed by atoms with Gasteiger partial charge in [-0.2, -0.15) is 0 Å². The van der Waals surface area contributed by atoms with Gasteiger partial charge < -0.3 is 21.1 Å². The third kappa shape index (κ3) is 6.03. The van der Waals surface area contributed by atoms with Crippen molar-refractivity contribution in [2.24, 2.45) is 0 Å².